The highest BCUT2D eigenvalue weighted by Gasteiger charge is 2.39. The van der Waals surface area contributed by atoms with Gasteiger partial charge in [0.1, 0.15) is 11.8 Å². The van der Waals surface area contributed by atoms with Crippen molar-refractivity contribution in [2.24, 2.45) is 11.7 Å². The number of carbonyl (C=O) groups excluding carboxylic acids is 3. The molecule has 1 aliphatic rings. The molecule has 4 N–H and O–H groups in total. The topological polar surface area (TPSA) is 175 Å². The van der Waals surface area contributed by atoms with Crippen LogP contribution in [0, 0.1) is 12.8 Å². The number of sulfonamides is 1. The Morgan fingerprint density at radius 2 is 1.80 bits per heavy atom. The zero-order valence-electron chi connectivity index (χ0n) is 28.3. The molecule has 15 heteroatoms. The molecule has 266 valence electrons. The number of primary amides is 1. The number of aromatic nitrogens is 1. The molecule has 0 bridgehead atoms. The fourth-order valence-electron chi connectivity index (χ4n) is 5.76. The smallest absolute Gasteiger partial charge is 0.321 e. The number of nitrogens with two attached hydrogens (primary N) is 1. The SMILES string of the molecule is COc1ccc(S(=O)(=O)N(CC(C)C)C[C@@H](O)[C@H](Cc2ccccc2)NC(=O)[C@H](CCC(N)=O)N2CCN(Cc3csc(C)n3)C2=O)cc1. The first-order valence-corrected chi connectivity index (χ1v) is 18.5. The van der Waals surface area contributed by atoms with Gasteiger partial charge in [-0.05, 0) is 55.5 Å². The lowest BCUT2D eigenvalue weighted by atomic mass is 9.99. The Labute approximate surface area is 292 Å². The van der Waals surface area contributed by atoms with Gasteiger partial charge in [-0.25, -0.2) is 18.2 Å². The van der Waals surface area contributed by atoms with Gasteiger partial charge in [-0.15, -0.1) is 11.3 Å². The van der Waals surface area contributed by atoms with Crippen LogP contribution in [0.25, 0.3) is 0 Å². The molecule has 13 nitrogen and oxygen atoms in total. The molecule has 1 saturated heterocycles. The molecule has 4 rings (SSSR count). The summed E-state index contributed by atoms with van der Waals surface area (Å²) < 4.78 is 34.1. The van der Waals surface area contributed by atoms with Crippen LogP contribution in [-0.4, -0.2) is 102 Å². The number of amides is 4. The summed E-state index contributed by atoms with van der Waals surface area (Å²) >= 11 is 1.48. The molecule has 3 aromatic rings. The molecule has 2 heterocycles. The van der Waals surface area contributed by atoms with Gasteiger partial charge in [-0.1, -0.05) is 44.2 Å². The molecule has 0 unspecified atom stereocenters. The molecule has 0 aliphatic carbocycles. The quantitative estimate of drug-likeness (QED) is 0.180. The second-order valence-electron chi connectivity index (χ2n) is 12.5. The van der Waals surface area contributed by atoms with Crippen LogP contribution < -0.4 is 15.8 Å². The van der Waals surface area contributed by atoms with Crippen LogP contribution in [0.5, 0.6) is 5.75 Å². The van der Waals surface area contributed by atoms with Crippen LogP contribution >= 0.6 is 11.3 Å². The van der Waals surface area contributed by atoms with E-state index in [-0.39, 0.29) is 62.3 Å². The van der Waals surface area contributed by atoms with Crippen molar-refractivity contribution in [2.45, 2.75) is 69.7 Å². The number of aryl methyl sites for hydroxylation is 1. The summed E-state index contributed by atoms with van der Waals surface area (Å²) in [4.78, 5) is 46.9. The first-order chi connectivity index (χ1) is 23.3. The predicted octanol–water partition coefficient (Wildman–Crippen LogP) is 2.77. The minimum absolute atomic E-state index is 0.0178. The van der Waals surface area contributed by atoms with Gasteiger partial charge in [0.15, 0.2) is 0 Å². The Balaban J connectivity index is 1.59. The number of hydrogen-bond donors (Lipinski definition) is 3. The van der Waals surface area contributed by atoms with Gasteiger partial charge < -0.3 is 30.7 Å². The van der Waals surface area contributed by atoms with E-state index in [2.05, 4.69) is 10.3 Å². The Kier molecular flexibility index (Phi) is 13.1. The highest BCUT2D eigenvalue weighted by Crippen LogP contribution is 2.23. The van der Waals surface area contributed by atoms with Crippen LogP contribution in [0.15, 0.2) is 64.9 Å². The fraction of sp³-hybridized carbons (Fsp3) is 0.471. The first kappa shape index (κ1) is 37.8. The number of nitrogens with one attached hydrogen (secondary N) is 1. The number of nitrogens with zero attached hydrogens (tertiary/aromatic N) is 4. The lowest BCUT2D eigenvalue weighted by Gasteiger charge is -2.33. The number of carbonyl (C=O) groups is 3. The van der Waals surface area contributed by atoms with Gasteiger partial charge in [0, 0.05) is 38.0 Å². The zero-order chi connectivity index (χ0) is 35.7. The van der Waals surface area contributed by atoms with Crippen molar-refractivity contribution in [3.63, 3.8) is 0 Å². The van der Waals surface area contributed by atoms with Gasteiger partial charge in [0.25, 0.3) is 0 Å². The normalized spacial score (nSPS) is 15.4. The number of aliphatic hydroxyl groups is 1. The van der Waals surface area contributed by atoms with Crippen molar-refractivity contribution >= 4 is 39.2 Å². The monoisotopic (exact) mass is 714 g/mol. The summed E-state index contributed by atoms with van der Waals surface area (Å²) in [5.41, 5.74) is 7.01. The van der Waals surface area contributed by atoms with E-state index in [9.17, 15) is 27.9 Å². The van der Waals surface area contributed by atoms with Gasteiger partial charge >= 0.3 is 6.03 Å². The average Bonchev–Trinajstić information content (AvgIpc) is 3.64. The van der Waals surface area contributed by atoms with Crippen molar-refractivity contribution in [2.75, 3.05) is 33.3 Å². The molecule has 0 spiro atoms. The number of thiazole rings is 1. The summed E-state index contributed by atoms with van der Waals surface area (Å²) in [6.45, 7) is 6.34. The molecule has 0 radical (unpaired) electrons. The van der Waals surface area contributed by atoms with Crippen molar-refractivity contribution in [1.82, 2.24) is 24.4 Å². The molecule has 49 heavy (non-hydrogen) atoms. The van der Waals surface area contributed by atoms with E-state index in [1.807, 2.05) is 56.5 Å². The number of aliphatic hydroxyl groups excluding tert-OH is 1. The highest BCUT2D eigenvalue weighted by atomic mass is 32.2. The Hall–Kier alpha value is -4.05. The molecule has 0 saturated carbocycles. The van der Waals surface area contributed by atoms with Crippen LogP contribution in [0.2, 0.25) is 0 Å². The summed E-state index contributed by atoms with van der Waals surface area (Å²) in [6.07, 6.45) is -1.32. The van der Waals surface area contributed by atoms with E-state index in [4.69, 9.17) is 10.5 Å². The lowest BCUT2D eigenvalue weighted by molar-refractivity contribution is -0.127. The van der Waals surface area contributed by atoms with Gasteiger partial charge in [-0.2, -0.15) is 4.31 Å². The largest absolute Gasteiger partial charge is 0.497 e. The summed E-state index contributed by atoms with van der Waals surface area (Å²) in [6, 6.07) is 12.8. The summed E-state index contributed by atoms with van der Waals surface area (Å²) in [5, 5.41) is 17.4. The zero-order valence-corrected chi connectivity index (χ0v) is 30.0. The summed E-state index contributed by atoms with van der Waals surface area (Å²) in [7, 11) is -2.56. The molecule has 3 atom stereocenters. The van der Waals surface area contributed by atoms with E-state index >= 15 is 0 Å². The second kappa shape index (κ2) is 17.1. The van der Waals surface area contributed by atoms with Gasteiger partial charge in [0.2, 0.25) is 21.8 Å². The van der Waals surface area contributed by atoms with Crippen LogP contribution in [0.3, 0.4) is 0 Å². The molecule has 2 aromatic carbocycles. The maximum absolute atomic E-state index is 14.1. The Morgan fingerprint density at radius 3 is 2.39 bits per heavy atom. The molecule has 1 aromatic heterocycles. The number of methoxy groups -OCH3 is 1. The van der Waals surface area contributed by atoms with Crippen molar-refractivity contribution in [1.29, 1.82) is 0 Å². The van der Waals surface area contributed by atoms with Gasteiger partial charge in [-0.3, -0.25) is 9.59 Å². The van der Waals surface area contributed by atoms with E-state index in [1.54, 1.807) is 17.0 Å². The minimum Gasteiger partial charge on any atom is -0.497 e. The number of ether oxygens (including phenoxy) is 1. The maximum Gasteiger partial charge on any atom is 0.321 e. The van der Waals surface area contributed by atoms with Gasteiger partial charge in [0.05, 0.1) is 41.4 Å². The van der Waals surface area contributed by atoms with Crippen molar-refractivity contribution in [3.05, 3.63) is 76.2 Å². The third-order valence-corrected chi connectivity index (χ3v) is 10.9. The number of benzene rings is 2. The second-order valence-corrected chi connectivity index (χ2v) is 15.5. The van der Waals surface area contributed by atoms with Crippen molar-refractivity contribution in [3.8, 4) is 5.75 Å². The van der Waals surface area contributed by atoms with Crippen LogP contribution in [0.1, 0.15) is 43.0 Å². The lowest BCUT2D eigenvalue weighted by Crippen LogP contribution is -2.56. The predicted molar refractivity (Wildman–Crippen MR) is 186 cm³/mol. The van der Waals surface area contributed by atoms with E-state index in [0.29, 0.717) is 12.3 Å². The number of hydrogen-bond acceptors (Lipinski definition) is 9. The number of urea groups is 1. The molecule has 4 amide bonds. The Morgan fingerprint density at radius 1 is 1.10 bits per heavy atom. The highest BCUT2D eigenvalue weighted by molar-refractivity contribution is 7.89. The molecular weight excluding hydrogens is 669 g/mol. The number of rotatable bonds is 18. The van der Waals surface area contributed by atoms with Crippen molar-refractivity contribution < 1.29 is 32.6 Å². The first-order valence-electron chi connectivity index (χ1n) is 16.2. The van der Waals surface area contributed by atoms with E-state index in [0.717, 1.165) is 16.3 Å². The maximum atomic E-state index is 14.1. The van der Waals surface area contributed by atoms with Crippen LogP contribution in [-0.2, 0) is 32.6 Å². The Bertz CT molecular complexity index is 1670. The third-order valence-electron chi connectivity index (χ3n) is 8.24. The fourth-order valence-corrected chi connectivity index (χ4v) is 7.99. The summed E-state index contributed by atoms with van der Waals surface area (Å²) in [5.74, 6) is -0.760. The third kappa shape index (κ3) is 10.2. The molecular formula is C34H46N6O7S2. The van der Waals surface area contributed by atoms with E-state index in [1.165, 1.54) is 39.8 Å². The average molecular weight is 715 g/mol. The standard InChI is InChI=1S/C34H46N6O7S2/c1-23(2)19-39(49(45,46)28-12-10-27(47-4)11-13-28)21-31(41)29(18-25-8-6-5-7-9-25)37-33(43)30(14-15-32(35)42)40-17-16-38(34(40)44)20-26-22-48-24(3)36-26/h5-13,22-23,29-31,41H,14-21H2,1-4H3,(H2,35,42)(H,37,43)/t29-,30-,31+/m0/s1. The molecule has 1 fully saturated rings. The van der Waals surface area contributed by atoms with Crippen LogP contribution in [0.4, 0.5) is 4.79 Å². The molecule has 1 aliphatic heterocycles. The minimum atomic E-state index is -4.05. The van der Waals surface area contributed by atoms with E-state index < -0.39 is 40.0 Å².